The molecule has 0 aromatic heterocycles. The molecule has 0 saturated heterocycles. The van der Waals surface area contributed by atoms with Crippen LogP contribution in [0.5, 0.6) is 0 Å². The molecule has 0 bridgehead atoms. The molecule has 0 N–H and O–H groups in total. The second-order valence-corrected chi connectivity index (χ2v) is 2.96. The maximum Gasteiger partial charge on any atom is 0.233 e. The van der Waals surface area contributed by atoms with E-state index in [2.05, 4.69) is 20.7 Å². The van der Waals surface area contributed by atoms with Crippen LogP contribution in [0.1, 0.15) is 5.56 Å². The first-order valence-electron chi connectivity index (χ1n) is 3.83. The molecule has 66 valence electrons. The lowest BCUT2D eigenvalue weighted by Crippen LogP contribution is -2.20. The van der Waals surface area contributed by atoms with Gasteiger partial charge in [0.15, 0.2) is 0 Å². The maximum absolute atomic E-state index is 5.79. The summed E-state index contributed by atoms with van der Waals surface area (Å²) in [4.78, 5) is 0. The number of nitrogens with zero attached hydrogens (tertiary/aromatic N) is 4. The Balaban J connectivity index is 2.44. The van der Waals surface area contributed by atoms with Crippen molar-refractivity contribution >= 4 is 11.6 Å². The van der Waals surface area contributed by atoms with Crippen molar-refractivity contribution in [2.75, 3.05) is 5.88 Å². The first kappa shape index (κ1) is 8.31. The molecule has 1 aliphatic rings. The lowest BCUT2D eigenvalue weighted by atomic mass is 10.0. The smallest absolute Gasteiger partial charge is 0.128 e. The third kappa shape index (κ3) is 1.33. The van der Waals surface area contributed by atoms with Crippen molar-refractivity contribution in [3.05, 3.63) is 35.9 Å². The molecule has 0 atom stereocenters. The minimum absolute atomic E-state index is 0.254. The number of hydrogen-bond donors (Lipinski definition) is 0. The zero-order valence-electron chi connectivity index (χ0n) is 6.76. The number of benzene rings is 1. The van der Waals surface area contributed by atoms with Crippen LogP contribution in [-0.2, 0) is 5.66 Å². The van der Waals surface area contributed by atoms with Crippen LogP contribution in [0.2, 0.25) is 0 Å². The summed E-state index contributed by atoms with van der Waals surface area (Å²) < 4.78 is 0. The summed E-state index contributed by atoms with van der Waals surface area (Å²) in [6.07, 6.45) is 0. The third-order valence-electron chi connectivity index (χ3n) is 1.88. The van der Waals surface area contributed by atoms with Crippen LogP contribution in [0.15, 0.2) is 51.0 Å². The Labute approximate surface area is 80.3 Å². The van der Waals surface area contributed by atoms with Crippen LogP contribution in [0, 0.1) is 0 Å². The van der Waals surface area contributed by atoms with E-state index < -0.39 is 5.66 Å². The van der Waals surface area contributed by atoms with E-state index in [4.69, 9.17) is 11.6 Å². The summed E-state index contributed by atoms with van der Waals surface area (Å²) in [5.74, 6) is 0.254. The van der Waals surface area contributed by atoms with Crippen molar-refractivity contribution in [1.82, 2.24) is 0 Å². The van der Waals surface area contributed by atoms with Gasteiger partial charge in [-0.05, 0) is 10.4 Å². The highest BCUT2D eigenvalue weighted by atomic mass is 35.5. The predicted octanol–water partition coefficient (Wildman–Crippen LogP) is 2.91. The van der Waals surface area contributed by atoms with E-state index in [0.717, 1.165) is 5.56 Å². The zero-order valence-corrected chi connectivity index (χ0v) is 7.52. The largest absolute Gasteiger partial charge is 0.233 e. The molecular formula is C8H7ClN4. The molecule has 1 aromatic rings. The van der Waals surface area contributed by atoms with E-state index in [1.165, 1.54) is 0 Å². The van der Waals surface area contributed by atoms with Crippen LogP contribution in [0.3, 0.4) is 0 Å². The molecule has 0 saturated carbocycles. The van der Waals surface area contributed by atoms with Crippen LogP contribution in [0.4, 0.5) is 0 Å². The van der Waals surface area contributed by atoms with Crippen molar-refractivity contribution in [3.63, 3.8) is 0 Å². The summed E-state index contributed by atoms with van der Waals surface area (Å²) in [5, 5.41) is 14.8. The molecule has 0 fully saturated rings. The predicted molar refractivity (Wildman–Crippen MR) is 48.6 cm³/mol. The second kappa shape index (κ2) is 3.22. The topological polar surface area (TPSA) is 49.4 Å². The molecule has 4 nitrogen and oxygen atoms in total. The van der Waals surface area contributed by atoms with Gasteiger partial charge in [-0.15, -0.1) is 21.8 Å². The van der Waals surface area contributed by atoms with Crippen LogP contribution in [-0.4, -0.2) is 5.88 Å². The molecule has 5 heteroatoms. The average Bonchev–Trinajstić information content (AvgIpc) is 2.69. The van der Waals surface area contributed by atoms with Crippen molar-refractivity contribution in [1.29, 1.82) is 0 Å². The minimum atomic E-state index is -0.789. The maximum atomic E-state index is 5.79. The Bertz CT molecular complexity index is 334. The van der Waals surface area contributed by atoms with Crippen LogP contribution < -0.4 is 0 Å². The quantitative estimate of drug-likeness (QED) is 0.650. The molecule has 1 heterocycles. The Morgan fingerprint density at radius 1 is 1.08 bits per heavy atom. The molecule has 0 aliphatic carbocycles. The van der Waals surface area contributed by atoms with Gasteiger partial charge in [0.25, 0.3) is 0 Å². The standard InChI is InChI=1S/C8H7ClN4/c9-6-8(10-12-13-11-8)7-4-2-1-3-5-7/h1-5H,6H2. The molecular weight excluding hydrogens is 188 g/mol. The lowest BCUT2D eigenvalue weighted by molar-refractivity contribution is 0.526. The SMILES string of the molecule is ClCC1(c2ccccc2)N=NN=N1. The van der Waals surface area contributed by atoms with Crippen LogP contribution >= 0.6 is 11.6 Å². The molecule has 1 aliphatic heterocycles. The van der Waals surface area contributed by atoms with E-state index in [9.17, 15) is 0 Å². The van der Waals surface area contributed by atoms with Gasteiger partial charge in [-0.3, -0.25) is 0 Å². The number of halogens is 1. The fraction of sp³-hybridized carbons (Fsp3) is 0.250. The van der Waals surface area contributed by atoms with Gasteiger partial charge in [-0.1, -0.05) is 30.3 Å². The summed E-state index contributed by atoms with van der Waals surface area (Å²) in [6, 6.07) is 9.56. The Morgan fingerprint density at radius 3 is 2.23 bits per heavy atom. The molecule has 0 amide bonds. The van der Waals surface area contributed by atoms with Gasteiger partial charge in [-0.2, -0.15) is 0 Å². The molecule has 0 spiro atoms. The van der Waals surface area contributed by atoms with Gasteiger partial charge in [0.05, 0.1) is 5.88 Å². The van der Waals surface area contributed by atoms with Gasteiger partial charge >= 0.3 is 0 Å². The zero-order chi connectivity index (χ0) is 9.15. The number of rotatable bonds is 2. The first-order chi connectivity index (χ1) is 6.37. The van der Waals surface area contributed by atoms with E-state index in [1.54, 1.807) is 0 Å². The summed E-state index contributed by atoms with van der Waals surface area (Å²) in [7, 11) is 0. The monoisotopic (exact) mass is 194 g/mol. The molecule has 1 aromatic carbocycles. The molecule has 0 radical (unpaired) electrons. The molecule has 0 unspecified atom stereocenters. The van der Waals surface area contributed by atoms with E-state index in [1.807, 2.05) is 30.3 Å². The second-order valence-electron chi connectivity index (χ2n) is 2.70. The van der Waals surface area contributed by atoms with Crippen molar-refractivity contribution in [2.24, 2.45) is 20.7 Å². The number of alkyl halides is 1. The highest BCUT2D eigenvalue weighted by Crippen LogP contribution is 2.32. The minimum Gasteiger partial charge on any atom is -0.128 e. The van der Waals surface area contributed by atoms with Gasteiger partial charge < -0.3 is 0 Å². The highest BCUT2D eigenvalue weighted by Gasteiger charge is 2.34. The molecule has 2 rings (SSSR count). The van der Waals surface area contributed by atoms with Crippen LogP contribution in [0.25, 0.3) is 0 Å². The van der Waals surface area contributed by atoms with E-state index >= 15 is 0 Å². The van der Waals surface area contributed by atoms with Gasteiger partial charge in [0.2, 0.25) is 5.66 Å². The fourth-order valence-electron chi connectivity index (χ4n) is 1.16. The third-order valence-corrected chi connectivity index (χ3v) is 2.26. The van der Waals surface area contributed by atoms with Crippen molar-refractivity contribution < 1.29 is 0 Å². The fourth-order valence-corrected chi connectivity index (χ4v) is 1.42. The van der Waals surface area contributed by atoms with E-state index in [-0.39, 0.29) is 5.88 Å². The van der Waals surface area contributed by atoms with Gasteiger partial charge in [0.1, 0.15) is 0 Å². The summed E-state index contributed by atoms with van der Waals surface area (Å²) in [6.45, 7) is 0. The van der Waals surface area contributed by atoms with Crippen molar-refractivity contribution in [2.45, 2.75) is 5.66 Å². The summed E-state index contributed by atoms with van der Waals surface area (Å²) in [5.41, 5.74) is 0.123. The van der Waals surface area contributed by atoms with Gasteiger partial charge in [0, 0.05) is 5.56 Å². The molecule has 13 heavy (non-hydrogen) atoms. The van der Waals surface area contributed by atoms with Crippen molar-refractivity contribution in [3.8, 4) is 0 Å². The summed E-state index contributed by atoms with van der Waals surface area (Å²) >= 11 is 5.79. The van der Waals surface area contributed by atoms with E-state index in [0.29, 0.717) is 0 Å². The normalized spacial score (nSPS) is 17.9. The Hall–Kier alpha value is -1.29. The number of hydrogen-bond acceptors (Lipinski definition) is 4. The van der Waals surface area contributed by atoms with Gasteiger partial charge in [-0.25, -0.2) is 0 Å². The Morgan fingerprint density at radius 2 is 1.69 bits per heavy atom. The lowest BCUT2D eigenvalue weighted by Gasteiger charge is -2.15. The average molecular weight is 195 g/mol. The highest BCUT2D eigenvalue weighted by molar-refractivity contribution is 6.18. The Kier molecular flexibility index (Phi) is 2.06. The first-order valence-corrected chi connectivity index (χ1v) is 4.36.